The second kappa shape index (κ2) is 16.1. The van der Waals surface area contributed by atoms with Gasteiger partial charge in [-0.15, -0.1) is 0 Å². The molecule has 5 rings (SSSR count). The summed E-state index contributed by atoms with van der Waals surface area (Å²) in [6.45, 7) is 9.08. The Morgan fingerprint density at radius 1 is 0.981 bits per heavy atom. The van der Waals surface area contributed by atoms with E-state index in [1.165, 1.54) is 21.1 Å². The summed E-state index contributed by atoms with van der Waals surface area (Å²) in [5, 5.41) is 3.93. The van der Waals surface area contributed by atoms with Crippen LogP contribution < -0.4 is 19.7 Å². The van der Waals surface area contributed by atoms with E-state index in [0.717, 1.165) is 5.56 Å². The minimum Gasteiger partial charge on any atom is -0.493 e. The maximum atomic E-state index is 14.6. The summed E-state index contributed by atoms with van der Waals surface area (Å²) >= 11 is 6.56. The Kier molecular flexibility index (Phi) is 11.8. The lowest BCUT2D eigenvalue weighted by Gasteiger charge is -2.33. The van der Waals surface area contributed by atoms with Crippen molar-refractivity contribution in [3.05, 3.63) is 82.1 Å². The minimum atomic E-state index is -1.28. The monoisotopic (exact) mass is 734 g/mol. The summed E-state index contributed by atoms with van der Waals surface area (Å²) < 4.78 is 34.3. The average molecular weight is 735 g/mol. The summed E-state index contributed by atoms with van der Waals surface area (Å²) in [5.74, 6) is -1.09. The average Bonchev–Trinajstić information content (AvgIpc) is 3.51. The minimum absolute atomic E-state index is 0.0440. The van der Waals surface area contributed by atoms with Crippen LogP contribution in [0.4, 0.5) is 11.4 Å². The Hall–Kier alpha value is -5.07. The van der Waals surface area contributed by atoms with Gasteiger partial charge >= 0.3 is 11.9 Å². The van der Waals surface area contributed by atoms with E-state index < -0.39 is 41.4 Å². The number of hydrogen-bond donors (Lipinski definition) is 1. The van der Waals surface area contributed by atoms with Gasteiger partial charge < -0.3 is 38.3 Å². The Balaban J connectivity index is 1.55. The molecule has 1 aliphatic rings. The molecule has 2 amide bonds. The normalized spacial score (nSPS) is 15.8. The molecule has 0 radical (unpaired) electrons. The molecule has 0 unspecified atom stereocenters. The summed E-state index contributed by atoms with van der Waals surface area (Å²) in [7, 11) is 3.03. The van der Waals surface area contributed by atoms with Gasteiger partial charge in [0.2, 0.25) is 11.7 Å². The Morgan fingerprint density at radius 2 is 1.75 bits per heavy atom. The summed E-state index contributed by atoms with van der Waals surface area (Å²) in [5.41, 5.74) is 2.67. The van der Waals surface area contributed by atoms with E-state index >= 15 is 0 Å². The van der Waals surface area contributed by atoms with Gasteiger partial charge in [-0.25, -0.2) is 4.79 Å². The number of carbonyl (C=O) groups excluding carboxylic acids is 4. The molecule has 2 atom stereocenters. The van der Waals surface area contributed by atoms with Crippen LogP contribution in [-0.2, 0) is 35.0 Å². The maximum Gasteiger partial charge on any atom is 0.374 e. The number of benzene rings is 3. The van der Waals surface area contributed by atoms with E-state index in [0.29, 0.717) is 56.4 Å². The standard InChI is InChI=1S/C39H43ClN2O10/c1-8-23-15-26(16-24-17-32(52-34(23)24)38(46)49-9-2)41-33(44)19-31-37(45)42(20-39(4,5)21-50-22(3)43)29-14-13-25(40)18-28(29)35(51-31)27-11-10-12-30(47-6)36(27)48-7/h10-18,31,35H,8-9,19-21H2,1-7H3,(H,41,44)/t31-,35-/m1/s1. The number of fused-ring (bicyclic) bond motifs is 2. The first kappa shape index (κ1) is 38.2. The summed E-state index contributed by atoms with van der Waals surface area (Å²) in [4.78, 5) is 54.1. The Bertz CT molecular complexity index is 1990. The number of esters is 2. The van der Waals surface area contributed by atoms with Crippen molar-refractivity contribution in [1.29, 1.82) is 0 Å². The Labute approximate surface area is 307 Å². The second-order valence-corrected chi connectivity index (χ2v) is 13.6. The molecule has 13 heteroatoms. The van der Waals surface area contributed by atoms with Crippen LogP contribution >= 0.6 is 11.6 Å². The molecule has 12 nitrogen and oxygen atoms in total. The van der Waals surface area contributed by atoms with Crippen LogP contribution in [0.1, 0.15) is 74.4 Å². The quantitative estimate of drug-likeness (QED) is 0.139. The van der Waals surface area contributed by atoms with Gasteiger partial charge in [0.1, 0.15) is 17.8 Å². The number of para-hydroxylation sites is 1. The topological polar surface area (TPSA) is 143 Å². The maximum absolute atomic E-state index is 14.6. The molecule has 1 aliphatic heterocycles. The third kappa shape index (κ3) is 8.35. The first-order chi connectivity index (χ1) is 24.8. The van der Waals surface area contributed by atoms with Crippen molar-refractivity contribution in [3.8, 4) is 11.5 Å². The van der Waals surface area contributed by atoms with Crippen molar-refractivity contribution in [2.75, 3.05) is 44.2 Å². The molecule has 1 aromatic heterocycles. The van der Waals surface area contributed by atoms with Gasteiger partial charge in [0.25, 0.3) is 5.91 Å². The predicted octanol–water partition coefficient (Wildman–Crippen LogP) is 7.28. The molecule has 52 heavy (non-hydrogen) atoms. The van der Waals surface area contributed by atoms with Crippen molar-refractivity contribution in [1.82, 2.24) is 0 Å². The third-order valence-corrected chi connectivity index (χ3v) is 8.81. The van der Waals surface area contributed by atoms with E-state index in [2.05, 4.69) is 5.32 Å². The van der Waals surface area contributed by atoms with Crippen LogP contribution in [0.5, 0.6) is 11.5 Å². The van der Waals surface area contributed by atoms with Crippen molar-refractivity contribution < 1.29 is 47.3 Å². The van der Waals surface area contributed by atoms with Gasteiger partial charge in [-0.3, -0.25) is 14.4 Å². The number of carbonyl (C=O) groups is 4. The number of hydrogen-bond acceptors (Lipinski definition) is 10. The number of aryl methyl sites for hydroxylation is 1. The third-order valence-electron chi connectivity index (χ3n) is 8.58. The fourth-order valence-electron chi connectivity index (χ4n) is 6.24. The highest BCUT2D eigenvalue weighted by molar-refractivity contribution is 6.30. The highest BCUT2D eigenvalue weighted by Crippen LogP contribution is 2.46. The van der Waals surface area contributed by atoms with Gasteiger partial charge in [-0.1, -0.05) is 44.5 Å². The van der Waals surface area contributed by atoms with Gasteiger partial charge in [-0.2, -0.15) is 0 Å². The number of methoxy groups -OCH3 is 2. The number of rotatable bonds is 13. The van der Waals surface area contributed by atoms with Gasteiger partial charge in [0.15, 0.2) is 11.5 Å². The molecule has 2 heterocycles. The fourth-order valence-corrected chi connectivity index (χ4v) is 6.42. The first-order valence-electron chi connectivity index (χ1n) is 16.9. The number of anilines is 2. The number of furan rings is 1. The van der Waals surface area contributed by atoms with Crippen LogP contribution in [0, 0.1) is 5.41 Å². The van der Waals surface area contributed by atoms with Gasteiger partial charge in [0, 0.05) is 51.8 Å². The first-order valence-corrected chi connectivity index (χ1v) is 17.3. The van der Waals surface area contributed by atoms with Crippen molar-refractivity contribution in [2.45, 2.75) is 59.7 Å². The van der Waals surface area contributed by atoms with Crippen LogP contribution in [0.15, 0.2) is 59.0 Å². The molecule has 3 aromatic carbocycles. The lowest BCUT2D eigenvalue weighted by molar-refractivity contribution is -0.144. The van der Waals surface area contributed by atoms with Crippen LogP contribution in [0.25, 0.3) is 11.0 Å². The lowest BCUT2D eigenvalue weighted by atomic mass is 9.92. The zero-order valence-electron chi connectivity index (χ0n) is 30.3. The molecule has 0 bridgehead atoms. The van der Waals surface area contributed by atoms with E-state index in [4.69, 9.17) is 39.7 Å². The summed E-state index contributed by atoms with van der Waals surface area (Å²) in [6, 6.07) is 15.5. The van der Waals surface area contributed by atoms with Crippen LogP contribution in [-0.4, -0.2) is 63.8 Å². The molecular formula is C39H43ClN2O10. The lowest BCUT2D eigenvalue weighted by Crippen LogP contribution is -2.46. The Morgan fingerprint density at radius 3 is 2.42 bits per heavy atom. The molecule has 4 aromatic rings. The van der Waals surface area contributed by atoms with Crippen molar-refractivity contribution in [2.24, 2.45) is 5.41 Å². The van der Waals surface area contributed by atoms with Crippen LogP contribution in [0.2, 0.25) is 5.02 Å². The SMILES string of the molecule is CCOC(=O)c1cc2cc(NC(=O)C[C@H]3O[C@H](c4cccc(OC)c4OC)c4cc(Cl)ccc4N(CC(C)(C)COC(C)=O)C3=O)cc(CC)c2o1. The summed E-state index contributed by atoms with van der Waals surface area (Å²) in [6.07, 6.45) is -2.00. The number of halogens is 1. The molecule has 0 spiro atoms. The molecule has 0 saturated heterocycles. The van der Waals surface area contributed by atoms with Crippen LogP contribution in [0.3, 0.4) is 0 Å². The van der Waals surface area contributed by atoms with E-state index in [1.807, 2.05) is 20.8 Å². The number of nitrogens with zero attached hydrogens (tertiary/aromatic N) is 1. The van der Waals surface area contributed by atoms with Gasteiger partial charge in [-0.05, 0) is 61.4 Å². The molecule has 1 N–H and O–H groups in total. The zero-order chi connectivity index (χ0) is 37.7. The second-order valence-electron chi connectivity index (χ2n) is 13.2. The smallest absolute Gasteiger partial charge is 0.374 e. The number of ether oxygens (including phenoxy) is 5. The highest BCUT2D eigenvalue weighted by atomic mass is 35.5. The molecule has 0 fully saturated rings. The van der Waals surface area contributed by atoms with Crippen molar-refractivity contribution in [3.63, 3.8) is 0 Å². The van der Waals surface area contributed by atoms with Crippen molar-refractivity contribution >= 4 is 57.7 Å². The fraction of sp³-hybridized carbons (Fsp3) is 0.385. The zero-order valence-corrected chi connectivity index (χ0v) is 31.0. The molecule has 0 saturated carbocycles. The van der Waals surface area contributed by atoms with Gasteiger partial charge in [0.05, 0.1) is 33.9 Å². The molecule has 0 aliphatic carbocycles. The van der Waals surface area contributed by atoms with E-state index in [-0.39, 0.29) is 31.9 Å². The largest absolute Gasteiger partial charge is 0.493 e. The molecular weight excluding hydrogens is 692 g/mol. The van der Waals surface area contributed by atoms with E-state index in [9.17, 15) is 19.2 Å². The highest BCUT2D eigenvalue weighted by Gasteiger charge is 2.41. The molecule has 276 valence electrons. The number of nitrogens with one attached hydrogen (secondary N) is 1. The van der Waals surface area contributed by atoms with E-state index in [1.54, 1.807) is 66.4 Å². The number of amides is 2. The predicted molar refractivity (Wildman–Crippen MR) is 195 cm³/mol.